The molecule has 0 saturated heterocycles. The molecule has 0 aliphatic heterocycles. The number of nitrogens with one attached hydrogen (secondary N) is 2. The third kappa shape index (κ3) is 7.37. The molecule has 0 aromatic heterocycles. The van der Waals surface area contributed by atoms with Crippen molar-refractivity contribution in [1.82, 2.24) is 0 Å². The average Bonchev–Trinajstić information content (AvgIpc) is 2.76. The summed E-state index contributed by atoms with van der Waals surface area (Å²) in [5.41, 5.74) is 3.89. The Bertz CT molecular complexity index is 929. The molecule has 0 radical (unpaired) electrons. The van der Waals surface area contributed by atoms with Crippen LogP contribution in [0.15, 0.2) is 42.5 Å². The Morgan fingerprint density at radius 2 is 1.42 bits per heavy atom. The summed E-state index contributed by atoms with van der Waals surface area (Å²) in [6.07, 6.45) is 1.33. The Labute approximate surface area is 182 Å². The van der Waals surface area contributed by atoms with Crippen LogP contribution in [-0.2, 0) is 32.0 Å². The molecule has 0 spiro atoms. The quantitative estimate of drug-likeness (QED) is 0.445. The Morgan fingerprint density at radius 1 is 0.806 bits per heavy atom. The van der Waals surface area contributed by atoms with E-state index in [9.17, 15) is 19.2 Å². The molecule has 0 saturated carbocycles. The Hall–Kier alpha value is -3.48. The Balaban J connectivity index is 1.77. The first kappa shape index (κ1) is 23.8. The molecule has 2 aromatic rings. The standard InChI is InChI=1S/C24H28N2O5/c1-4-17-7-6-8-18(5-2)24(17)26-22(29)15-31-23(30)14-13-21(28)25-20-11-9-19(10-12-20)16(3)27/h6-12H,4-5,13-15H2,1-3H3,(H,25,28)(H,26,29). The number of carbonyl (C=O) groups excluding carboxylic acids is 4. The second kappa shape index (κ2) is 11.6. The zero-order valence-corrected chi connectivity index (χ0v) is 18.1. The van der Waals surface area contributed by atoms with Crippen LogP contribution in [0.25, 0.3) is 0 Å². The van der Waals surface area contributed by atoms with E-state index in [1.807, 2.05) is 32.0 Å². The number of benzene rings is 2. The predicted molar refractivity (Wildman–Crippen MR) is 119 cm³/mol. The molecule has 164 valence electrons. The fourth-order valence-electron chi connectivity index (χ4n) is 3.02. The number of Topliss-reactive ketones (excluding diaryl/α,β-unsaturated/α-hetero) is 1. The number of anilines is 2. The maximum atomic E-state index is 12.2. The van der Waals surface area contributed by atoms with Crippen molar-refractivity contribution < 1.29 is 23.9 Å². The van der Waals surface area contributed by atoms with Gasteiger partial charge in [0, 0.05) is 23.4 Å². The zero-order chi connectivity index (χ0) is 22.8. The van der Waals surface area contributed by atoms with Crippen LogP contribution in [-0.4, -0.2) is 30.2 Å². The van der Waals surface area contributed by atoms with E-state index in [0.717, 1.165) is 29.7 Å². The molecule has 0 unspecified atom stereocenters. The minimum Gasteiger partial charge on any atom is -0.456 e. The summed E-state index contributed by atoms with van der Waals surface area (Å²) in [5.74, 6) is -1.47. The molecule has 7 heteroatoms. The van der Waals surface area contributed by atoms with Crippen molar-refractivity contribution >= 4 is 34.9 Å². The minimum absolute atomic E-state index is 0.0613. The molecule has 0 heterocycles. The van der Waals surface area contributed by atoms with Gasteiger partial charge in [-0.3, -0.25) is 19.2 Å². The lowest BCUT2D eigenvalue weighted by Gasteiger charge is -2.14. The van der Waals surface area contributed by atoms with Crippen molar-refractivity contribution in [1.29, 1.82) is 0 Å². The lowest BCUT2D eigenvalue weighted by molar-refractivity contribution is -0.147. The van der Waals surface area contributed by atoms with Gasteiger partial charge >= 0.3 is 5.97 Å². The topological polar surface area (TPSA) is 102 Å². The van der Waals surface area contributed by atoms with Crippen LogP contribution in [0.2, 0.25) is 0 Å². The summed E-state index contributed by atoms with van der Waals surface area (Å²) >= 11 is 0. The molecular weight excluding hydrogens is 396 g/mol. The molecule has 0 fully saturated rings. The van der Waals surface area contributed by atoms with Crippen LogP contribution < -0.4 is 10.6 Å². The van der Waals surface area contributed by atoms with Crippen molar-refractivity contribution in [3.63, 3.8) is 0 Å². The van der Waals surface area contributed by atoms with Crippen LogP contribution in [0.5, 0.6) is 0 Å². The number of para-hydroxylation sites is 1. The summed E-state index contributed by atoms with van der Waals surface area (Å²) < 4.78 is 5.00. The molecule has 0 aliphatic rings. The third-order valence-corrected chi connectivity index (χ3v) is 4.76. The summed E-state index contributed by atoms with van der Waals surface area (Å²) in [4.78, 5) is 47.4. The monoisotopic (exact) mass is 424 g/mol. The number of amides is 2. The van der Waals surface area contributed by atoms with Crippen molar-refractivity contribution in [2.45, 2.75) is 46.5 Å². The van der Waals surface area contributed by atoms with E-state index in [4.69, 9.17) is 4.74 Å². The molecule has 0 atom stereocenters. The van der Waals surface area contributed by atoms with Crippen LogP contribution in [0.3, 0.4) is 0 Å². The largest absolute Gasteiger partial charge is 0.456 e. The molecule has 7 nitrogen and oxygen atoms in total. The smallest absolute Gasteiger partial charge is 0.306 e. The highest BCUT2D eigenvalue weighted by molar-refractivity contribution is 5.96. The van der Waals surface area contributed by atoms with E-state index in [-0.39, 0.29) is 24.5 Å². The number of hydrogen-bond donors (Lipinski definition) is 2. The highest BCUT2D eigenvalue weighted by atomic mass is 16.5. The Kier molecular flexibility index (Phi) is 8.94. The van der Waals surface area contributed by atoms with Gasteiger partial charge in [0.15, 0.2) is 12.4 Å². The van der Waals surface area contributed by atoms with Gasteiger partial charge in [-0.1, -0.05) is 32.0 Å². The van der Waals surface area contributed by atoms with Crippen molar-refractivity contribution in [3.8, 4) is 0 Å². The van der Waals surface area contributed by atoms with Crippen molar-refractivity contribution in [3.05, 3.63) is 59.2 Å². The van der Waals surface area contributed by atoms with Crippen LogP contribution in [0, 0.1) is 0 Å². The SMILES string of the molecule is CCc1cccc(CC)c1NC(=O)COC(=O)CCC(=O)Nc1ccc(C(C)=O)cc1. The number of ketones is 1. The maximum absolute atomic E-state index is 12.2. The van der Waals surface area contributed by atoms with Gasteiger partial charge in [0.25, 0.3) is 5.91 Å². The van der Waals surface area contributed by atoms with Gasteiger partial charge in [-0.05, 0) is 55.2 Å². The lowest BCUT2D eigenvalue weighted by atomic mass is 10.0. The number of aryl methyl sites for hydroxylation is 2. The number of carbonyl (C=O) groups is 4. The highest BCUT2D eigenvalue weighted by Crippen LogP contribution is 2.22. The van der Waals surface area contributed by atoms with Gasteiger partial charge in [-0.15, -0.1) is 0 Å². The third-order valence-electron chi connectivity index (χ3n) is 4.76. The van der Waals surface area contributed by atoms with Crippen molar-refractivity contribution in [2.24, 2.45) is 0 Å². The highest BCUT2D eigenvalue weighted by Gasteiger charge is 2.13. The summed E-state index contributed by atoms with van der Waals surface area (Å²) in [6.45, 7) is 5.07. The van der Waals surface area contributed by atoms with Gasteiger partial charge < -0.3 is 15.4 Å². The predicted octanol–water partition coefficient (Wildman–Crippen LogP) is 3.91. The first-order chi connectivity index (χ1) is 14.8. The van der Waals surface area contributed by atoms with Gasteiger partial charge in [0.1, 0.15) is 0 Å². The molecule has 2 aromatic carbocycles. The van der Waals surface area contributed by atoms with E-state index in [0.29, 0.717) is 11.3 Å². The second-order valence-corrected chi connectivity index (χ2v) is 7.05. The van der Waals surface area contributed by atoms with Gasteiger partial charge in [0.2, 0.25) is 5.91 Å². The van der Waals surface area contributed by atoms with E-state index in [2.05, 4.69) is 10.6 Å². The van der Waals surface area contributed by atoms with Crippen LogP contribution in [0.4, 0.5) is 11.4 Å². The second-order valence-electron chi connectivity index (χ2n) is 7.05. The Morgan fingerprint density at radius 3 is 1.97 bits per heavy atom. The molecule has 2 amide bonds. The average molecular weight is 424 g/mol. The number of rotatable bonds is 10. The van der Waals surface area contributed by atoms with Gasteiger partial charge in [-0.25, -0.2) is 0 Å². The summed E-state index contributed by atoms with van der Waals surface area (Å²) in [6, 6.07) is 12.3. The zero-order valence-electron chi connectivity index (χ0n) is 18.1. The maximum Gasteiger partial charge on any atom is 0.306 e. The molecule has 2 rings (SSSR count). The number of ether oxygens (including phenoxy) is 1. The minimum atomic E-state index is -0.628. The number of esters is 1. The van der Waals surface area contributed by atoms with Gasteiger partial charge in [0.05, 0.1) is 6.42 Å². The first-order valence-electron chi connectivity index (χ1n) is 10.3. The number of hydrogen-bond acceptors (Lipinski definition) is 5. The molecule has 0 bridgehead atoms. The van der Waals surface area contributed by atoms with Crippen molar-refractivity contribution in [2.75, 3.05) is 17.2 Å². The van der Waals surface area contributed by atoms with E-state index < -0.39 is 18.5 Å². The fourth-order valence-corrected chi connectivity index (χ4v) is 3.02. The van der Waals surface area contributed by atoms with E-state index in [1.54, 1.807) is 24.3 Å². The van der Waals surface area contributed by atoms with E-state index in [1.165, 1.54) is 6.92 Å². The normalized spacial score (nSPS) is 10.3. The fraction of sp³-hybridized carbons (Fsp3) is 0.333. The molecular formula is C24H28N2O5. The molecule has 31 heavy (non-hydrogen) atoms. The lowest BCUT2D eigenvalue weighted by Crippen LogP contribution is -2.23. The summed E-state index contributed by atoms with van der Waals surface area (Å²) in [7, 11) is 0. The van der Waals surface area contributed by atoms with Crippen LogP contribution in [0.1, 0.15) is 55.1 Å². The van der Waals surface area contributed by atoms with Crippen LogP contribution >= 0.6 is 0 Å². The van der Waals surface area contributed by atoms with E-state index >= 15 is 0 Å². The summed E-state index contributed by atoms with van der Waals surface area (Å²) in [5, 5.41) is 5.48. The molecule has 0 aliphatic carbocycles. The molecule has 2 N–H and O–H groups in total. The van der Waals surface area contributed by atoms with Gasteiger partial charge in [-0.2, -0.15) is 0 Å². The first-order valence-corrected chi connectivity index (χ1v) is 10.3.